The Kier molecular flexibility index (Phi) is 2.55. The Labute approximate surface area is 69.0 Å². The molecule has 0 aromatic rings. The van der Waals surface area contributed by atoms with Crippen LogP contribution in [0.2, 0.25) is 0 Å². The van der Waals surface area contributed by atoms with Gasteiger partial charge in [-0.15, -0.1) is 0 Å². The lowest BCUT2D eigenvalue weighted by Crippen LogP contribution is -2.40. The minimum Gasteiger partial charge on any atom is -0.396 e. The van der Waals surface area contributed by atoms with Crippen molar-refractivity contribution < 1.29 is 5.11 Å². The molecule has 2 unspecified atom stereocenters. The number of rotatable bonds is 4. The van der Waals surface area contributed by atoms with Crippen LogP contribution in [0, 0.1) is 5.92 Å². The zero-order chi connectivity index (χ0) is 8.48. The van der Waals surface area contributed by atoms with Crippen LogP contribution >= 0.6 is 0 Å². The molecule has 0 aromatic carbocycles. The largest absolute Gasteiger partial charge is 0.396 e. The monoisotopic (exact) mass is 157 g/mol. The van der Waals surface area contributed by atoms with Gasteiger partial charge in [-0.05, 0) is 32.6 Å². The predicted molar refractivity (Wildman–Crippen MR) is 46.5 cm³/mol. The molecule has 1 aliphatic rings. The molecule has 2 nitrogen and oxygen atoms in total. The summed E-state index contributed by atoms with van der Waals surface area (Å²) in [5, 5.41) is 12.3. The average molecular weight is 157 g/mol. The molecule has 1 saturated carbocycles. The maximum atomic E-state index is 8.81. The van der Waals surface area contributed by atoms with Crippen molar-refractivity contribution in [2.24, 2.45) is 5.92 Å². The Morgan fingerprint density at radius 2 is 2.18 bits per heavy atom. The molecule has 0 amide bonds. The zero-order valence-electron chi connectivity index (χ0n) is 7.72. The van der Waals surface area contributed by atoms with Crippen molar-refractivity contribution in [3.63, 3.8) is 0 Å². The third kappa shape index (κ3) is 2.46. The van der Waals surface area contributed by atoms with Gasteiger partial charge in [0.2, 0.25) is 0 Å². The molecule has 11 heavy (non-hydrogen) atoms. The van der Waals surface area contributed by atoms with Crippen molar-refractivity contribution in [3.05, 3.63) is 0 Å². The molecule has 0 bridgehead atoms. The molecule has 0 aliphatic heterocycles. The fourth-order valence-electron chi connectivity index (χ4n) is 1.23. The van der Waals surface area contributed by atoms with Crippen LogP contribution < -0.4 is 5.32 Å². The lowest BCUT2D eigenvalue weighted by atomic mass is 10.0. The summed E-state index contributed by atoms with van der Waals surface area (Å²) >= 11 is 0. The molecule has 2 N–H and O–H groups in total. The summed E-state index contributed by atoms with van der Waals surface area (Å²) in [6.07, 6.45) is 2.29. The van der Waals surface area contributed by atoms with Crippen molar-refractivity contribution >= 4 is 0 Å². The van der Waals surface area contributed by atoms with E-state index in [-0.39, 0.29) is 5.54 Å². The first-order valence-corrected chi connectivity index (χ1v) is 4.47. The van der Waals surface area contributed by atoms with E-state index in [0.29, 0.717) is 18.6 Å². The van der Waals surface area contributed by atoms with E-state index < -0.39 is 0 Å². The molecule has 66 valence electrons. The smallest absolute Gasteiger partial charge is 0.0474 e. The summed E-state index contributed by atoms with van der Waals surface area (Å²) in [6.45, 7) is 6.94. The van der Waals surface area contributed by atoms with Gasteiger partial charge in [-0.1, -0.05) is 6.92 Å². The summed E-state index contributed by atoms with van der Waals surface area (Å²) in [7, 11) is 0. The second kappa shape index (κ2) is 3.11. The minimum atomic E-state index is 0.245. The van der Waals surface area contributed by atoms with Crippen LogP contribution in [-0.4, -0.2) is 23.3 Å². The SMILES string of the molecule is CCC(C)(C)NC1CC1CO. The Morgan fingerprint density at radius 1 is 1.55 bits per heavy atom. The molecule has 1 aliphatic carbocycles. The maximum Gasteiger partial charge on any atom is 0.0474 e. The number of hydrogen-bond acceptors (Lipinski definition) is 2. The van der Waals surface area contributed by atoms with Crippen LogP contribution in [-0.2, 0) is 0 Å². The third-order valence-electron chi connectivity index (χ3n) is 2.62. The van der Waals surface area contributed by atoms with E-state index in [1.54, 1.807) is 0 Å². The van der Waals surface area contributed by atoms with Crippen molar-refractivity contribution in [1.82, 2.24) is 5.32 Å². The van der Waals surface area contributed by atoms with Gasteiger partial charge >= 0.3 is 0 Å². The Bertz CT molecular complexity index is 134. The van der Waals surface area contributed by atoms with Gasteiger partial charge in [0.05, 0.1) is 0 Å². The van der Waals surface area contributed by atoms with Crippen LogP contribution in [0.15, 0.2) is 0 Å². The molecule has 0 saturated heterocycles. The van der Waals surface area contributed by atoms with Crippen molar-refractivity contribution in [2.75, 3.05) is 6.61 Å². The van der Waals surface area contributed by atoms with Gasteiger partial charge in [-0.2, -0.15) is 0 Å². The quantitative estimate of drug-likeness (QED) is 0.641. The van der Waals surface area contributed by atoms with E-state index in [2.05, 4.69) is 26.1 Å². The topological polar surface area (TPSA) is 32.3 Å². The van der Waals surface area contributed by atoms with Gasteiger partial charge in [0.15, 0.2) is 0 Å². The maximum absolute atomic E-state index is 8.81. The van der Waals surface area contributed by atoms with Gasteiger partial charge < -0.3 is 10.4 Å². The summed E-state index contributed by atoms with van der Waals surface area (Å²) in [5.74, 6) is 0.529. The summed E-state index contributed by atoms with van der Waals surface area (Å²) in [5.41, 5.74) is 0.245. The number of nitrogens with one attached hydrogen (secondary N) is 1. The third-order valence-corrected chi connectivity index (χ3v) is 2.62. The fourth-order valence-corrected chi connectivity index (χ4v) is 1.23. The van der Waals surface area contributed by atoms with Gasteiger partial charge in [0, 0.05) is 18.2 Å². The van der Waals surface area contributed by atoms with Gasteiger partial charge in [-0.3, -0.25) is 0 Å². The molecule has 0 spiro atoms. The van der Waals surface area contributed by atoms with Crippen molar-refractivity contribution in [3.8, 4) is 0 Å². The van der Waals surface area contributed by atoms with Gasteiger partial charge in [0.25, 0.3) is 0 Å². The van der Waals surface area contributed by atoms with E-state index in [1.165, 1.54) is 0 Å². The van der Waals surface area contributed by atoms with Crippen molar-refractivity contribution in [1.29, 1.82) is 0 Å². The lowest BCUT2D eigenvalue weighted by Gasteiger charge is -2.24. The minimum absolute atomic E-state index is 0.245. The van der Waals surface area contributed by atoms with Crippen LogP contribution in [0.25, 0.3) is 0 Å². The van der Waals surface area contributed by atoms with E-state index in [0.717, 1.165) is 12.8 Å². The van der Waals surface area contributed by atoms with Crippen LogP contribution in [0.1, 0.15) is 33.6 Å². The summed E-state index contributed by atoms with van der Waals surface area (Å²) < 4.78 is 0. The molecule has 0 heterocycles. The highest BCUT2D eigenvalue weighted by Gasteiger charge is 2.38. The Hall–Kier alpha value is -0.0800. The van der Waals surface area contributed by atoms with E-state index in [4.69, 9.17) is 5.11 Å². The first-order valence-electron chi connectivity index (χ1n) is 4.47. The van der Waals surface area contributed by atoms with Crippen LogP contribution in [0.4, 0.5) is 0 Å². The first-order chi connectivity index (χ1) is 5.09. The standard InChI is InChI=1S/C9H19NO/c1-4-9(2,3)10-8-5-7(8)6-11/h7-8,10-11H,4-6H2,1-3H3. The Morgan fingerprint density at radius 3 is 2.55 bits per heavy atom. The second-order valence-corrected chi connectivity index (χ2v) is 4.17. The highest BCUT2D eigenvalue weighted by atomic mass is 16.3. The first kappa shape index (κ1) is 9.01. The molecule has 0 radical (unpaired) electrons. The Balaban J connectivity index is 2.22. The molecule has 1 fully saturated rings. The zero-order valence-corrected chi connectivity index (χ0v) is 7.72. The molecule has 1 rings (SSSR count). The summed E-state index contributed by atoms with van der Waals surface area (Å²) in [6, 6.07) is 0.579. The predicted octanol–water partition coefficient (Wildman–Crippen LogP) is 1.15. The van der Waals surface area contributed by atoms with E-state index >= 15 is 0 Å². The highest BCUT2D eigenvalue weighted by Crippen LogP contribution is 2.31. The molecule has 0 aromatic heterocycles. The fraction of sp³-hybridized carbons (Fsp3) is 1.00. The summed E-state index contributed by atoms with van der Waals surface area (Å²) in [4.78, 5) is 0. The molecular weight excluding hydrogens is 138 g/mol. The molecular formula is C9H19NO. The van der Waals surface area contributed by atoms with Crippen LogP contribution in [0.5, 0.6) is 0 Å². The molecule has 2 atom stereocenters. The van der Waals surface area contributed by atoms with Gasteiger partial charge in [0.1, 0.15) is 0 Å². The number of aliphatic hydroxyl groups excluding tert-OH is 1. The van der Waals surface area contributed by atoms with Crippen LogP contribution in [0.3, 0.4) is 0 Å². The highest BCUT2D eigenvalue weighted by molar-refractivity contribution is 4.96. The number of hydrogen-bond donors (Lipinski definition) is 2. The average Bonchev–Trinajstić information content (AvgIpc) is 2.67. The lowest BCUT2D eigenvalue weighted by molar-refractivity contribution is 0.262. The van der Waals surface area contributed by atoms with E-state index in [1.807, 2.05) is 0 Å². The second-order valence-electron chi connectivity index (χ2n) is 4.17. The molecule has 2 heteroatoms. The van der Waals surface area contributed by atoms with E-state index in [9.17, 15) is 0 Å². The number of aliphatic hydroxyl groups is 1. The van der Waals surface area contributed by atoms with Crippen molar-refractivity contribution in [2.45, 2.75) is 45.2 Å². The normalized spacial score (nSPS) is 30.5. The van der Waals surface area contributed by atoms with Gasteiger partial charge in [-0.25, -0.2) is 0 Å².